The van der Waals surface area contributed by atoms with E-state index in [1.807, 2.05) is 61.3 Å². The number of carbonyl (C=O) groups is 2. The average Bonchev–Trinajstić information content (AvgIpc) is 2.78. The SMILES string of the molecule is Cc1cc(-c2ccncc2N2CCN(C(=O)/C=C/CN(C)C)CC2)ccc1CNC(=O)O. The van der Waals surface area contributed by atoms with E-state index in [0.717, 1.165) is 47.6 Å². The van der Waals surface area contributed by atoms with Crippen molar-refractivity contribution in [3.05, 3.63) is 59.9 Å². The summed E-state index contributed by atoms with van der Waals surface area (Å²) in [7, 11) is 3.95. The van der Waals surface area contributed by atoms with Crippen LogP contribution < -0.4 is 10.2 Å². The maximum atomic E-state index is 12.4. The molecule has 1 saturated heterocycles. The van der Waals surface area contributed by atoms with E-state index in [-0.39, 0.29) is 12.5 Å². The van der Waals surface area contributed by atoms with Crippen LogP contribution >= 0.6 is 0 Å². The first-order valence-corrected chi connectivity index (χ1v) is 10.7. The molecule has 0 spiro atoms. The Kier molecular flexibility index (Phi) is 7.83. The molecule has 3 rings (SSSR count). The molecule has 0 bridgehead atoms. The van der Waals surface area contributed by atoms with Crippen molar-refractivity contribution in [3.8, 4) is 11.1 Å². The minimum atomic E-state index is -1.03. The molecule has 0 unspecified atom stereocenters. The van der Waals surface area contributed by atoms with Crippen molar-refractivity contribution in [2.45, 2.75) is 13.5 Å². The molecule has 0 atom stereocenters. The Hall–Kier alpha value is -3.39. The summed E-state index contributed by atoms with van der Waals surface area (Å²) in [6, 6.07) is 8.05. The van der Waals surface area contributed by atoms with Crippen molar-refractivity contribution in [2.24, 2.45) is 0 Å². The first-order chi connectivity index (χ1) is 15.3. The van der Waals surface area contributed by atoms with Gasteiger partial charge in [0.25, 0.3) is 0 Å². The zero-order chi connectivity index (χ0) is 23.1. The van der Waals surface area contributed by atoms with Crippen molar-refractivity contribution >= 4 is 17.7 Å². The summed E-state index contributed by atoms with van der Waals surface area (Å²) in [4.78, 5) is 33.7. The van der Waals surface area contributed by atoms with Gasteiger partial charge in [0, 0.05) is 57.1 Å². The molecule has 0 radical (unpaired) electrons. The van der Waals surface area contributed by atoms with E-state index >= 15 is 0 Å². The quantitative estimate of drug-likeness (QED) is 0.648. The number of aryl methyl sites for hydroxylation is 1. The van der Waals surface area contributed by atoms with Crippen LogP contribution in [0.2, 0.25) is 0 Å². The molecule has 32 heavy (non-hydrogen) atoms. The summed E-state index contributed by atoms with van der Waals surface area (Å²) >= 11 is 0. The maximum absolute atomic E-state index is 12.4. The number of aromatic nitrogens is 1. The number of hydrogen-bond donors (Lipinski definition) is 2. The number of nitrogens with one attached hydrogen (secondary N) is 1. The molecule has 1 aliphatic heterocycles. The van der Waals surface area contributed by atoms with Crippen LogP contribution in [-0.4, -0.2) is 78.7 Å². The van der Waals surface area contributed by atoms with E-state index in [1.165, 1.54) is 0 Å². The van der Waals surface area contributed by atoms with Gasteiger partial charge in [0.1, 0.15) is 0 Å². The number of nitrogens with zero attached hydrogens (tertiary/aromatic N) is 4. The van der Waals surface area contributed by atoms with Crippen molar-refractivity contribution in [1.82, 2.24) is 20.1 Å². The summed E-state index contributed by atoms with van der Waals surface area (Å²) in [6.07, 6.45) is 6.18. The number of carbonyl (C=O) groups excluding carboxylic acids is 1. The fourth-order valence-corrected chi connectivity index (χ4v) is 3.75. The van der Waals surface area contributed by atoms with Crippen molar-refractivity contribution in [3.63, 3.8) is 0 Å². The Labute approximate surface area is 189 Å². The predicted molar refractivity (Wildman–Crippen MR) is 126 cm³/mol. The molecular weight excluding hydrogens is 406 g/mol. The minimum absolute atomic E-state index is 0.0547. The Balaban J connectivity index is 1.70. The summed E-state index contributed by atoms with van der Waals surface area (Å²) in [5.41, 5.74) is 5.15. The first-order valence-electron chi connectivity index (χ1n) is 10.7. The molecular formula is C24H31N5O3. The highest BCUT2D eigenvalue weighted by Gasteiger charge is 2.22. The van der Waals surface area contributed by atoms with Crippen molar-refractivity contribution < 1.29 is 14.7 Å². The number of benzene rings is 1. The standard InChI is InChI=1S/C24H31N5O3/c1-18-15-19(6-7-20(18)16-26-24(31)32)21-8-9-25-17-22(21)28-11-13-29(14-12-28)23(30)5-4-10-27(2)3/h4-9,15,17,26H,10-14,16H2,1-3H3,(H,31,32)/b5-4+. The number of anilines is 1. The van der Waals surface area contributed by atoms with E-state index in [1.54, 1.807) is 12.3 Å². The molecule has 1 aliphatic rings. The van der Waals surface area contributed by atoms with Crippen LogP contribution in [0.3, 0.4) is 0 Å². The summed E-state index contributed by atoms with van der Waals surface area (Å²) in [5.74, 6) is 0.0547. The Morgan fingerprint density at radius 3 is 2.59 bits per heavy atom. The average molecular weight is 438 g/mol. The molecule has 8 heteroatoms. The lowest BCUT2D eigenvalue weighted by Gasteiger charge is -2.36. The number of amides is 2. The fourth-order valence-electron chi connectivity index (χ4n) is 3.75. The molecule has 1 aromatic heterocycles. The molecule has 1 fully saturated rings. The predicted octanol–water partition coefficient (Wildman–Crippen LogP) is 2.59. The summed E-state index contributed by atoms with van der Waals surface area (Å²) < 4.78 is 0. The largest absolute Gasteiger partial charge is 0.465 e. The number of pyridine rings is 1. The van der Waals surface area contributed by atoms with Crippen molar-refractivity contribution in [1.29, 1.82) is 0 Å². The van der Waals surface area contributed by atoms with Crippen LogP contribution in [0.15, 0.2) is 48.8 Å². The monoisotopic (exact) mass is 437 g/mol. The second-order valence-corrected chi connectivity index (χ2v) is 8.17. The van der Waals surface area contributed by atoms with Gasteiger partial charge in [-0.3, -0.25) is 9.78 Å². The molecule has 170 valence electrons. The van der Waals surface area contributed by atoms with Crippen LogP contribution in [0.4, 0.5) is 10.5 Å². The Morgan fingerprint density at radius 1 is 1.19 bits per heavy atom. The van der Waals surface area contributed by atoms with Crippen LogP contribution in [0.1, 0.15) is 11.1 Å². The third kappa shape index (κ3) is 6.07. The second-order valence-electron chi connectivity index (χ2n) is 8.17. The highest BCUT2D eigenvalue weighted by molar-refractivity contribution is 5.88. The van der Waals surface area contributed by atoms with Crippen LogP contribution in [-0.2, 0) is 11.3 Å². The second kappa shape index (κ2) is 10.8. The molecule has 2 N–H and O–H groups in total. The first kappa shape index (κ1) is 23.3. The third-order valence-electron chi connectivity index (χ3n) is 5.55. The van der Waals surface area contributed by atoms with E-state index in [4.69, 9.17) is 5.11 Å². The lowest BCUT2D eigenvalue weighted by molar-refractivity contribution is -0.126. The summed E-state index contributed by atoms with van der Waals surface area (Å²) in [5, 5.41) is 11.3. The fraction of sp³-hybridized carbons (Fsp3) is 0.375. The van der Waals surface area contributed by atoms with Gasteiger partial charge in [-0.25, -0.2) is 4.79 Å². The number of likely N-dealkylation sites (N-methyl/N-ethyl adjacent to an activating group) is 1. The third-order valence-corrected chi connectivity index (χ3v) is 5.55. The highest BCUT2D eigenvalue weighted by Crippen LogP contribution is 2.32. The molecule has 1 aromatic carbocycles. The molecule has 0 aliphatic carbocycles. The Bertz CT molecular complexity index is 981. The van der Waals surface area contributed by atoms with Gasteiger partial charge in [-0.2, -0.15) is 0 Å². The molecule has 2 heterocycles. The Morgan fingerprint density at radius 2 is 1.94 bits per heavy atom. The van der Waals surface area contributed by atoms with Gasteiger partial charge in [0.2, 0.25) is 5.91 Å². The van der Waals surface area contributed by atoms with Gasteiger partial charge in [-0.15, -0.1) is 0 Å². The smallest absolute Gasteiger partial charge is 0.404 e. The van der Waals surface area contributed by atoms with Gasteiger partial charge in [-0.1, -0.05) is 24.3 Å². The molecule has 0 saturated carbocycles. The van der Waals surface area contributed by atoms with Crippen LogP contribution in [0, 0.1) is 6.92 Å². The lowest BCUT2D eigenvalue weighted by Crippen LogP contribution is -2.48. The number of rotatable bonds is 7. The van der Waals surface area contributed by atoms with E-state index in [2.05, 4.69) is 21.3 Å². The zero-order valence-electron chi connectivity index (χ0n) is 18.9. The van der Waals surface area contributed by atoms with Gasteiger partial charge in [0.05, 0.1) is 11.9 Å². The van der Waals surface area contributed by atoms with Gasteiger partial charge in [-0.05, 0) is 43.8 Å². The number of piperazine rings is 1. The molecule has 8 nitrogen and oxygen atoms in total. The minimum Gasteiger partial charge on any atom is -0.465 e. The van der Waals surface area contributed by atoms with E-state index in [0.29, 0.717) is 13.1 Å². The number of carboxylic acid groups (broad SMARTS) is 1. The molecule has 2 aromatic rings. The van der Waals surface area contributed by atoms with Crippen LogP contribution in [0.5, 0.6) is 0 Å². The van der Waals surface area contributed by atoms with Gasteiger partial charge in [0.15, 0.2) is 0 Å². The number of hydrogen-bond acceptors (Lipinski definition) is 5. The molecule has 2 amide bonds. The van der Waals surface area contributed by atoms with E-state index in [9.17, 15) is 9.59 Å². The zero-order valence-corrected chi connectivity index (χ0v) is 18.9. The van der Waals surface area contributed by atoms with Crippen LogP contribution in [0.25, 0.3) is 11.1 Å². The summed E-state index contributed by atoms with van der Waals surface area (Å²) in [6.45, 7) is 5.82. The maximum Gasteiger partial charge on any atom is 0.404 e. The lowest BCUT2D eigenvalue weighted by atomic mass is 9.99. The topological polar surface area (TPSA) is 89.0 Å². The van der Waals surface area contributed by atoms with Crippen molar-refractivity contribution in [2.75, 3.05) is 51.7 Å². The van der Waals surface area contributed by atoms with E-state index < -0.39 is 6.09 Å². The normalized spacial score (nSPS) is 14.2. The van der Waals surface area contributed by atoms with Gasteiger partial charge < -0.3 is 25.1 Å². The van der Waals surface area contributed by atoms with Gasteiger partial charge >= 0.3 is 6.09 Å². The highest BCUT2D eigenvalue weighted by atomic mass is 16.4.